The third-order valence-electron chi connectivity index (χ3n) is 2.05. The van der Waals surface area contributed by atoms with Crippen molar-refractivity contribution in [1.29, 1.82) is 0 Å². The van der Waals surface area contributed by atoms with Gasteiger partial charge in [0.15, 0.2) is 0 Å². The van der Waals surface area contributed by atoms with Gasteiger partial charge in [0.25, 0.3) is 0 Å². The molecule has 0 radical (unpaired) electrons. The Morgan fingerprint density at radius 3 is 2.58 bits per heavy atom. The van der Waals surface area contributed by atoms with Gasteiger partial charge >= 0.3 is 0 Å². The van der Waals surface area contributed by atoms with Crippen LogP contribution in [-0.4, -0.2) is 24.9 Å². The van der Waals surface area contributed by atoms with Crippen LogP contribution in [-0.2, 0) is 4.74 Å². The Bertz CT molecular complexity index is 83.9. The van der Waals surface area contributed by atoms with Crippen molar-refractivity contribution < 1.29 is 9.84 Å². The highest BCUT2D eigenvalue weighted by Gasteiger charge is 1.97. The summed E-state index contributed by atoms with van der Waals surface area (Å²) in [6.07, 6.45) is 4.26. The number of aliphatic hydroxyl groups excluding tert-OH is 1. The van der Waals surface area contributed by atoms with Gasteiger partial charge in [-0.2, -0.15) is 0 Å². The molecule has 2 nitrogen and oxygen atoms in total. The van der Waals surface area contributed by atoms with Crippen molar-refractivity contribution in [3.8, 4) is 0 Å². The fourth-order valence-electron chi connectivity index (χ4n) is 0.895. The molecule has 0 aliphatic carbocycles. The number of aliphatic hydroxyl groups is 1. The molecule has 0 bridgehead atoms. The first-order chi connectivity index (χ1) is 5.81. The SMILES string of the molecule is CC[C@H](C)COCCCCCO. The van der Waals surface area contributed by atoms with Crippen molar-refractivity contribution in [2.45, 2.75) is 39.5 Å². The minimum atomic E-state index is 0.311. The summed E-state index contributed by atoms with van der Waals surface area (Å²) in [5.74, 6) is 0.683. The van der Waals surface area contributed by atoms with Crippen LogP contribution >= 0.6 is 0 Å². The third-order valence-corrected chi connectivity index (χ3v) is 2.05. The van der Waals surface area contributed by atoms with Gasteiger partial charge in [0, 0.05) is 19.8 Å². The van der Waals surface area contributed by atoms with Crippen LogP contribution in [0.3, 0.4) is 0 Å². The predicted octanol–water partition coefficient (Wildman–Crippen LogP) is 2.21. The van der Waals surface area contributed by atoms with E-state index in [2.05, 4.69) is 13.8 Å². The first-order valence-electron chi connectivity index (χ1n) is 4.99. The van der Waals surface area contributed by atoms with Crippen molar-refractivity contribution in [3.05, 3.63) is 0 Å². The predicted molar refractivity (Wildman–Crippen MR) is 51.2 cm³/mol. The van der Waals surface area contributed by atoms with Crippen molar-refractivity contribution in [2.24, 2.45) is 5.92 Å². The molecule has 2 heteroatoms. The third kappa shape index (κ3) is 8.02. The molecule has 0 unspecified atom stereocenters. The standard InChI is InChI=1S/C10H22O2/c1-3-10(2)9-12-8-6-4-5-7-11/h10-11H,3-9H2,1-2H3/t10-/m0/s1. The molecule has 0 aromatic heterocycles. The zero-order valence-corrected chi connectivity index (χ0v) is 8.38. The molecule has 0 amide bonds. The maximum Gasteiger partial charge on any atom is 0.0491 e. The summed E-state index contributed by atoms with van der Waals surface area (Å²) >= 11 is 0. The summed E-state index contributed by atoms with van der Waals surface area (Å²) in [4.78, 5) is 0. The fraction of sp³-hybridized carbons (Fsp3) is 1.00. The molecule has 0 aliphatic rings. The Kier molecular flexibility index (Phi) is 8.95. The van der Waals surface area contributed by atoms with Gasteiger partial charge in [0.05, 0.1) is 0 Å². The Hall–Kier alpha value is -0.0800. The Morgan fingerprint density at radius 1 is 1.25 bits per heavy atom. The van der Waals surface area contributed by atoms with E-state index in [9.17, 15) is 0 Å². The second kappa shape index (κ2) is 9.01. The van der Waals surface area contributed by atoms with Crippen LogP contribution in [0.4, 0.5) is 0 Å². The van der Waals surface area contributed by atoms with Gasteiger partial charge < -0.3 is 9.84 Å². The van der Waals surface area contributed by atoms with Gasteiger partial charge in [-0.3, -0.25) is 0 Å². The molecule has 0 aliphatic heterocycles. The first kappa shape index (κ1) is 11.9. The van der Waals surface area contributed by atoms with E-state index in [0.29, 0.717) is 12.5 Å². The molecule has 1 atom stereocenters. The van der Waals surface area contributed by atoms with Crippen LogP contribution in [0.1, 0.15) is 39.5 Å². The van der Waals surface area contributed by atoms with Crippen molar-refractivity contribution in [2.75, 3.05) is 19.8 Å². The minimum Gasteiger partial charge on any atom is -0.396 e. The van der Waals surface area contributed by atoms with Crippen molar-refractivity contribution in [1.82, 2.24) is 0 Å². The normalized spacial score (nSPS) is 13.2. The molecule has 74 valence electrons. The van der Waals surface area contributed by atoms with E-state index in [-0.39, 0.29) is 0 Å². The lowest BCUT2D eigenvalue weighted by Gasteiger charge is -2.08. The number of hydrogen-bond acceptors (Lipinski definition) is 2. The lowest BCUT2D eigenvalue weighted by molar-refractivity contribution is 0.0991. The van der Waals surface area contributed by atoms with Crippen molar-refractivity contribution >= 4 is 0 Å². The molecule has 0 spiro atoms. The van der Waals surface area contributed by atoms with E-state index in [0.717, 1.165) is 32.5 Å². The van der Waals surface area contributed by atoms with Crippen LogP contribution in [0.15, 0.2) is 0 Å². The summed E-state index contributed by atoms with van der Waals surface area (Å²) in [5, 5.41) is 8.51. The van der Waals surface area contributed by atoms with E-state index in [1.807, 2.05) is 0 Å². The second-order valence-electron chi connectivity index (χ2n) is 3.37. The lowest BCUT2D eigenvalue weighted by atomic mass is 10.1. The summed E-state index contributed by atoms with van der Waals surface area (Å²) in [6, 6.07) is 0. The molecule has 0 heterocycles. The van der Waals surface area contributed by atoms with E-state index in [1.54, 1.807) is 0 Å². The fourth-order valence-corrected chi connectivity index (χ4v) is 0.895. The first-order valence-corrected chi connectivity index (χ1v) is 4.99. The van der Waals surface area contributed by atoms with Gasteiger partial charge in [-0.05, 0) is 25.2 Å². The number of unbranched alkanes of at least 4 members (excludes halogenated alkanes) is 2. The lowest BCUT2D eigenvalue weighted by Crippen LogP contribution is -2.05. The molecule has 1 N–H and O–H groups in total. The minimum absolute atomic E-state index is 0.311. The summed E-state index contributed by atoms with van der Waals surface area (Å²) in [5.41, 5.74) is 0. The highest BCUT2D eigenvalue weighted by atomic mass is 16.5. The van der Waals surface area contributed by atoms with Gasteiger partial charge in [-0.25, -0.2) is 0 Å². The van der Waals surface area contributed by atoms with Crippen LogP contribution in [0.5, 0.6) is 0 Å². The van der Waals surface area contributed by atoms with E-state index < -0.39 is 0 Å². The Labute approximate surface area is 75.9 Å². The Morgan fingerprint density at radius 2 is 2.00 bits per heavy atom. The van der Waals surface area contributed by atoms with E-state index in [4.69, 9.17) is 9.84 Å². The van der Waals surface area contributed by atoms with Gasteiger partial charge in [-0.1, -0.05) is 20.3 Å². The van der Waals surface area contributed by atoms with E-state index in [1.165, 1.54) is 6.42 Å². The van der Waals surface area contributed by atoms with Gasteiger partial charge in [0.2, 0.25) is 0 Å². The quantitative estimate of drug-likeness (QED) is 0.572. The highest BCUT2D eigenvalue weighted by Crippen LogP contribution is 2.02. The number of rotatable bonds is 8. The summed E-state index contributed by atoms with van der Waals surface area (Å²) in [6.45, 7) is 6.43. The second-order valence-corrected chi connectivity index (χ2v) is 3.37. The smallest absolute Gasteiger partial charge is 0.0491 e. The van der Waals surface area contributed by atoms with Gasteiger partial charge in [0.1, 0.15) is 0 Å². The monoisotopic (exact) mass is 174 g/mol. The zero-order valence-electron chi connectivity index (χ0n) is 8.38. The van der Waals surface area contributed by atoms with Crippen LogP contribution in [0.25, 0.3) is 0 Å². The molecule has 0 fully saturated rings. The average Bonchev–Trinajstić information content (AvgIpc) is 2.10. The number of ether oxygens (including phenoxy) is 1. The molecule has 0 aromatic rings. The largest absolute Gasteiger partial charge is 0.396 e. The maximum atomic E-state index is 8.51. The number of hydrogen-bond donors (Lipinski definition) is 1. The summed E-state index contributed by atoms with van der Waals surface area (Å²) < 4.78 is 5.45. The van der Waals surface area contributed by atoms with Gasteiger partial charge in [-0.15, -0.1) is 0 Å². The zero-order chi connectivity index (χ0) is 9.23. The maximum absolute atomic E-state index is 8.51. The molecular formula is C10H22O2. The topological polar surface area (TPSA) is 29.5 Å². The van der Waals surface area contributed by atoms with Crippen LogP contribution in [0.2, 0.25) is 0 Å². The molecule has 12 heavy (non-hydrogen) atoms. The molecule has 0 rings (SSSR count). The molecule has 0 saturated heterocycles. The molecule has 0 aromatic carbocycles. The van der Waals surface area contributed by atoms with E-state index >= 15 is 0 Å². The van der Waals surface area contributed by atoms with Crippen LogP contribution < -0.4 is 0 Å². The highest BCUT2D eigenvalue weighted by molar-refractivity contribution is 4.46. The Balaban J connectivity index is 2.90. The average molecular weight is 174 g/mol. The molecule has 0 saturated carbocycles. The van der Waals surface area contributed by atoms with Crippen LogP contribution in [0, 0.1) is 5.92 Å². The summed E-state index contributed by atoms with van der Waals surface area (Å²) in [7, 11) is 0. The van der Waals surface area contributed by atoms with Crippen molar-refractivity contribution in [3.63, 3.8) is 0 Å². The molecular weight excluding hydrogens is 152 g/mol.